The van der Waals surface area contributed by atoms with Crippen LogP contribution < -0.4 is 4.74 Å². The molecule has 2 aromatic carbocycles. The fourth-order valence-corrected chi connectivity index (χ4v) is 1.97. The van der Waals surface area contributed by atoms with E-state index in [1.54, 1.807) is 43.4 Å². The first-order valence-electron chi connectivity index (χ1n) is 6.94. The zero-order chi connectivity index (χ0) is 15.9. The highest BCUT2D eigenvalue weighted by Gasteiger charge is 2.16. The number of para-hydroxylation sites is 1. The molecule has 0 aliphatic heterocycles. The van der Waals surface area contributed by atoms with Gasteiger partial charge >= 0.3 is 0 Å². The third-order valence-electron chi connectivity index (χ3n) is 3.21. The molecule has 1 N–H and O–H groups in total. The van der Waals surface area contributed by atoms with Crippen molar-refractivity contribution in [2.75, 3.05) is 20.2 Å². The van der Waals surface area contributed by atoms with E-state index in [0.717, 1.165) is 5.56 Å². The second-order valence-corrected chi connectivity index (χ2v) is 4.86. The molecule has 0 saturated heterocycles. The summed E-state index contributed by atoms with van der Waals surface area (Å²) in [6, 6.07) is 12.9. The Bertz CT molecular complexity index is 628. The normalized spacial score (nSPS) is 10.3. The van der Waals surface area contributed by atoms with Gasteiger partial charge in [-0.1, -0.05) is 24.3 Å². The molecule has 22 heavy (non-hydrogen) atoms. The highest BCUT2D eigenvalue weighted by molar-refractivity contribution is 5.96. The maximum absolute atomic E-state index is 12.9. The zero-order valence-electron chi connectivity index (χ0n) is 12.3. The van der Waals surface area contributed by atoms with Crippen LogP contribution in [0.3, 0.4) is 0 Å². The highest BCUT2D eigenvalue weighted by Crippen LogP contribution is 2.21. The second-order valence-electron chi connectivity index (χ2n) is 4.86. The van der Waals surface area contributed by atoms with Gasteiger partial charge in [0.15, 0.2) is 0 Å². The minimum Gasteiger partial charge on any atom is -0.488 e. The standard InChI is InChI=1S/C17H18FNO3/c1-19(10-11-20)17(21)15-4-2-3-5-16(15)22-12-13-6-8-14(18)9-7-13/h2-9,20H,10-12H2,1H3. The van der Waals surface area contributed by atoms with Crippen LogP contribution in [-0.2, 0) is 6.61 Å². The summed E-state index contributed by atoms with van der Waals surface area (Å²) in [6.07, 6.45) is 0. The second kappa shape index (κ2) is 7.56. The van der Waals surface area contributed by atoms with Gasteiger partial charge in [-0.3, -0.25) is 4.79 Å². The number of likely N-dealkylation sites (N-methyl/N-ethyl adjacent to an activating group) is 1. The maximum Gasteiger partial charge on any atom is 0.257 e. The summed E-state index contributed by atoms with van der Waals surface area (Å²) in [5, 5.41) is 8.92. The first kappa shape index (κ1) is 16.0. The van der Waals surface area contributed by atoms with Gasteiger partial charge in [0, 0.05) is 13.6 Å². The number of hydrogen-bond acceptors (Lipinski definition) is 3. The molecule has 116 valence electrons. The Morgan fingerprint density at radius 1 is 1.18 bits per heavy atom. The van der Waals surface area contributed by atoms with Gasteiger partial charge in [-0.2, -0.15) is 0 Å². The van der Waals surface area contributed by atoms with Crippen molar-refractivity contribution >= 4 is 5.91 Å². The topological polar surface area (TPSA) is 49.8 Å². The molecule has 0 saturated carbocycles. The minimum absolute atomic E-state index is 0.0964. The van der Waals surface area contributed by atoms with Crippen LogP contribution in [0.25, 0.3) is 0 Å². The molecule has 0 bridgehead atoms. The lowest BCUT2D eigenvalue weighted by Crippen LogP contribution is -2.29. The van der Waals surface area contributed by atoms with Gasteiger partial charge in [0.05, 0.1) is 12.2 Å². The van der Waals surface area contributed by atoms with Crippen molar-refractivity contribution in [3.05, 3.63) is 65.5 Å². The number of aliphatic hydroxyl groups is 1. The van der Waals surface area contributed by atoms with Crippen LogP contribution in [0, 0.1) is 5.82 Å². The molecule has 0 atom stereocenters. The van der Waals surface area contributed by atoms with Crippen LogP contribution in [-0.4, -0.2) is 36.1 Å². The number of ether oxygens (including phenoxy) is 1. The van der Waals surface area contributed by atoms with Gasteiger partial charge in [0.2, 0.25) is 0 Å². The summed E-state index contributed by atoms with van der Waals surface area (Å²) in [5.41, 5.74) is 1.24. The van der Waals surface area contributed by atoms with E-state index >= 15 is 0 Å². The smallest absolute Gasteiger partial charge is 0.257 e. The third-order valence-corrected chi connectivity index (χ3v) is 3.21. The van der Waals surface area contributed by atoms with Crippen molar-refractivity contribution < 1.29 is 19.0 Å². The Balaban J connectivity index is 2.11. The lowest BCUT2D eigenvalue weighted by Gasteiger charge is -2.18. The van der Waals surface area contributed by atoms with Crippen LogP contribution in [0.15, 0.2) is 48.5 Å². The summed E-state index contributed by atoms with van der Waals surface area (Å²) in [4.78, 5) is 13.7. The van der Waals surface area contributed by atoms with Crippen molar-refractivity contribution in [3.8, 4) is 5.75 Å². The number of carbonyl (C=O) groups is 1. The van der Waals surface area contributed by atoms with Crippen LogP contribution in [0.2, 0.25) is 0 Å². The third kappa shape index (κ3) is 4.05. The number of amides is 1. The molecular weight excluding hydrogens is 285 g/mol. The van der Waals surface area contributed by atoms with Gasteiger partial charge in [-0.15, -0.1) is 0 Å². The molecule has 0 aliphatic rings. The van der Waals surface area contributed by atoms with E-state index in [-0.39, 0.29) is 31.5 Å². The average molecular weight is 303 g/mol. The van der Waals surface area contributed by atoms with E-state index in [9.17, 15) is 9.18 Å². The summed E-state index contributed by atoms with van der Waals surface area (Å²) >= 11 is 0. The number of aliphatic hydroxyl groups excluding tert-OH is 1. The Labute approximate surface area is 128 Å². The molecule has 0 spiro atoms. The monoisotopic (exact) mass is 303 g/mol. The Hall–Kier alpha value is -2.40. The minimum atomic E-state index is -0.301. The Kier molecular flexibility index (Phi) is 5.49. The maximum atomic E-state index is 12.9. The summed E-state index contributed by atoms with van der Waals surface area (Å²) < 4.78 is 18.5. The van der Waals surface area contributed by atoms with Crippen LogP contribution in [0.5, 0.6) is 5.75 Å². The highest BCUT2D eigenvalue weighted by atomic mass is 19.1. The van der Waals surface area contributed by atoms with Gasteiger partial charge < -0.3 is 14.7 Å². The lowest BCUT2D eigenvalue weighted by molar-refractivity contribution is 0.0762. The van der Waals surface area contributed by atoms with E-state index in [4.69, 9.17) is 9.84 Å². The lowest BCUT2D eigenvalue weighted by atomic mass is 10.1. The molecule has 0 aromatic heterocycles. The van der Waals surface area contributed by atoms with Gasteiger partial charge in [0.1, 0.15) is 18.2 Å². The van der Waals surface area contributed by atoms with Crippen LogP contribution in [0.4, 0.5) is 4.39 Å². The fourth-order valence-electron chi connectivity index (χ4n) is 1.97. The molecule has 2 rings (SSSR count). The fraction of sp³-hybridized carbons (Fsp3) is 0.235. The molecule has 5 heteroatoms. The molecule has 0 aliphatic carbocycles. The Morgan fingerprint density at radius 2 is 1.86 bits per heavy atom. The molecule has 4 nitrogen and oxygen atoms in total. The largest absolute Gasteiger partial charge is 0.488 e. The molecule has 0 radical (unpaired) electrons. The van der Waals surface area contributed by atoms with Gasteiger partial charge in [0.25, 0.3) is 5.91 Å². The molecule has 0 unspecified atom stereocenters. The van der Waals surface area contributed by atoms with Crippen molar-refractivity contribution in [2.24, 2.45) is 0 Å². The Morgan fingerprint density at radius 3 is 2.55 bits per heavy atom. The molecule has 0 fully saturated rings. The van der Waals surface area contributed by atoms with Crippen molar-refractivity contribution in [3.63, 3.8) is 0 Å². The van der Waals surface area contributed by atoms with E-state index in [2.05, 4.69) is 0 Å². The van der Waals surface area contributed by atoms with E-state index in [1.807, 2.05) is 0 Å². The molecule has 2 aromatic rings. The molecule has 1 amide bonds. The first-order valence-corrected chi connectivity index (χ1v) is 6.94. The summed E-state index contributed by atoms with van der Waals surface area (Å²) in [5.74, 6) is -0.0599. The number of hydrogen-bond donors (Lipinski definition) is 1. The predicted octanol–water partition coefficient (Wildman–Crippen LogP) is 2.47. The van der Waals surface area contributed by atoms with Crippen LogP contribution >= 0.6 is 0 Å². The molecular formula is C17H18FNO3. The van der Waals surface area contributed by atoms with E-state index < -0.39 is 0 Å². The number of carbonyl (C=O) groups excluding carboxylic acids is 1. The number of halogens is 1. The SMILES string of the molecule is CN(CCO)C(=O)c1ccccc1OCc1ccc(F)cc1. The molecule has 0 heterocycles. The van der Waals surface area contributed by atoms with Gasteiger partial charge in [-0.25, -0.2) is 4.39 Å². The van der Waals surface area contributed by atoms with E-state index in [0.29, 0.717) is 11.3 Å². The quantitative estimate of drug-likeness (QED) is 0.892. The van der Waals surface area contributed by atoms with Crippen LogP contribution in [0.1, 0.15) is 15.9 Å². The summed E-state index contributed by atoms with van der Waals surface area (Å²) in [7, 11) is 1.62. The predicted molar refractivity (Wildman–Crippen MR) is 81.2 cm³/mol. The first-order chi connectivity index (χ1) is 10.6. The van der Waals surface area contributed by atoms with Gasteiger partial charge in [-0.05, 0) is 29.8 Å². The van der Waals surface area contributed by atoms with Crippen molar-refractivity contribution in [2.45, 2.75) is 6.61 Å². The van der Waals surface area contributed by atoms with Crippen molar-refractivity contribution in [1.82, 2.24) is 4.90 Å². The summed E-state index contributed by atoms with van der Waals surface area (Å²) in [6.45, 7) is 0.403. The average Bonchev–Trinajstić information content (AvgIpc) is 2.54. The zero-order valence-corrected chi connectivity index (χ0v) is 12.3. The number of benzene rings is 2. The number of nitrogens with zero attached hydrogens (tertiary/aromatic N) is 1. The van der Waals surface area contributed by atoms with E-state index in [1.165, 1.54) is 17.0 Å². The number of rotatable bonds is 6. The van der Waals surface area contributed by atoms with Crippen molar-refractivity contribution in [1.29, 1.82) is 0 Å².